The lowest BCUT2D eigenvalue weighted by Crippen LogP contribution is -2.24. The van der Waals surface area contributed by atoms with Crippen LogP contribution in [0.2, 0.25) is 0 Å². The molecule has 1 aromatic carbocycles. The zero-order valence-electron chi connectivity index (χ0n) is 9.98. The molecular formula is C14H16BrNO. The number of benzene rings is 1. The summed E-state index contributed by atoms with van der Waals surface area (Å²) in [4.78, 5) is 11.5. The first-order chi connectivity index (χ1) is 8.13. The third-order valence-electron chi connectivity index (χ3n) is 2.26. The standard InChI is InChI=1S/C14H16BrNO/c1-3-4-5-9-14(17)16-11(2)12-7-6-8-13(15)10-12/h3-11H,1-2H3,(H,16,17). The second-order valence-electron chi connectivity index (χ2n) is 3.67. The van der Waals surface area contributed by atoms with Crippen LogP contribution in [0.4, 0.5) is 0 Å². The van der Waals surface area contributed by atoms with Crippen LogP contribution in [-0.4, -0.2) is 5.91 Å². The lowest BCUT2D eigenvalue weighted by Gasteiger charge is -2.13. The fourth-order valence-electron chi connectivity index (χ4n) is 1.37. The van der Waals surface area contributed by atoms with Gasteiger partial charge in [-0.25, -0.2) is 0 Å². The van der Waals surface area contributed by atoms with Gasteiger partial charge in [0, 0.05) is 10.5 Å². The van der Waals surface area contributed by atoms with E-state index >= 15 is 0 Å². The van der Waals surface area contributed by atoms with Crippen molar-refractivity contribution in [3.8, 4) is 0 Å². The largest absolute Gasteiger partial charge is 0.346 e. The third-order valence-corrected chi connectivity index (χ3v) is 2.75. The average Bonchev–Trinajstić information content (AvgIpc) is 2.29. The predicted molar refractivity (Wildman–Crippen MR) is 74.7 cm³/mol. The van der Waals surface area contributed by atoms with E-state index in [1.54, 1.807) is 6.08 Å². The molecule has 2 nitrogen and oxygen atoms in total. The Balaban J connectivity index is 2.60. The van der Waals surface area contributed by atoms with Crippen molar-refractivity contribution in [2.24, 2.45) is 0 Å². The molecule has 90 valence electrons. The minimum Gasteiger partial charge on any atom is -0.346 e. The molecule has 1 unspecified atom stereocenters. The van der Waals surface area contributed by atoms with Crippen LogP contribution in [0.1, 0.15) is 25.5 Å². The van der Waals surface area contributed by atoms with Gasteiger partial charge >= 0.3 is 0 Å². The number of rotatable bonds is 4. The Labute approximate surface area is 111 Å². The Morgan fingerprint density at radius 1 is 1.41 bits per heavy atom. The quantitative estimate of drug-likeness (QED) is 0.665. The lowest BCUT2D eigenvalue weighted by molar-refractivity contribution is -0.117. The maximum absolute atomic E-state index is 11.5. The molecular weight excluding hydrogens is 278 g/mol. The molecule has 0 spiro atoms. The molecule has 0 saturated carbocycles. The van der Waals surface area contributed by atoms with Crippen molar-refractivity contribution in [3.63, 3.8) is 0 Å². The average molecular weight is 294 g/mol. The summed E-state index contributed by atoms with van der Waals surface area (Å²) in [5.41, 5.74) is 1.08. The van der Waals surface area contributed by atoms with Crippen LogP contribution >= 0.6 is 15.9 Å². The minimum absolute atomic E-state index is 0.00439. The van der Waals surface area contributed by atoms with E-state index in [0.29, 0.717) is 0 Å². The van der Waals surface area contributed by atoms with Gasteiger partial charge in [0.25, 0.3) is 0 Å². The molecule has 1 rings (SSSR count). The molecule has 0 aromatic heterocycles. The molecule has 1 N–H and O–H groups in total. The fourth-order valence-corrected chi connectivity index (χ4v) is 1.79. The molecule has 1 atom stereocenters. The first-order valence-corrected chi connectivity index (χ1v) is 6.28. The van der Waals surface area contributed by atoms with Crippen molar-refractivity contribution in [1.29, 1.82) is 0 Å². The van der Waals surface area contributed by atoms with Crippen LogP contribution in [0.15, 0.2) is 53.0 Å². The van der Waals surface area contributed by atoms with Crippen LogP contribution in [0.3, 0.4) is 0 Å². The number of carbonyl (C=O) groups excluding carboxylic acids is 1. The molecule has 0 radical (unpaired) electrons. The number of hydrogen-bond acceptors (Lipinski definition) is 1. The minimum atomic E-state index is -0.0874. The van der Waals surface area contributed by atoms with Gasteiger partial charge in [-0.1, -0.05) is 46.3 Å². The highest BCUT2D eigenvalue weighted by Gasteiger charge is 2.07. The molecule has 0 aliphatic rings. The van der Waals surface area contributed by atoms with Crippen molar-refractivity contribution in [2.45, 2.75) is 19.9 Å². The molecule has 0 heterocycles. The van der Waals surface area contributed by atoms with Crippen LogP contribution in [0.5, 0.6) is 0 Å². The Kier molecular flexibility index (Phi) is 5.70. The van der Waals surface area contributed by atoms with E-state index in [0.717, 1.165) is 10.0 Å². The van der Waals surface area contributed by atoms with Crippen LogP contribution < -0.4 is 5.32 Å². The smallest absolute Gasteiger partial charge is 0.244 e. The maximum atomic E-state index is 11.5. The maximum Gasteiger partial charge on any atom is 0.244 e. The first-order valence-electron chi connectivity index (χ1n) is 5.49. The normalized spacial score (nSPS) is 13.1. The number of amides is 1. The molecule has 3 heteroatoms. The van der Waals surface area contributed by atoms with Gasteiger partial charge in [0.15, 0.2) is 0 Å². The summed E-state index contributed by atoms with van der Waals surface area (Å²) >= 11 is 3.41. The van der Waals surface area contributed by atoms with Crippen molar-refractivity contribution in [2.75, 3.05) is 0 Å². The summed E-state index contributed by atoms with van der Waals surface area (Å²) in [5.74, 6) is -0.0874. The topological polar surface area (TPSA) is 29.1 Å². The molecule has 0 aliphatic carbocycles. The SMILES string of the molecule is CC=CC=CC(=O)NC(C)c1cccc(Br)c1. The van der Waals surface area contributed by atoms with E-state index in [1.165, 1.54) is 6.08 Å². The van der Waals surface area contributed by atoms with Gasteiger partial charge in [-0.3, -0.25) is 4.79 Å². The Morgan fingerprint density at radius 2 is 2.18 bits per heavy atom. The predicted octanol–water partition coefficient (Wildman–Crippen LogP) is 3.76. The van der Waals surface area contributed by atoms with E-state index in [2.05, 4.69) is 21.2 Å². The highest BCUT2D eigenvalue weighted by molar-refractivity contribution is 9.10. The molecule has 17 heavy (non-hydrogen) atoms. The summed E-state index contributed by atoms with van der Waals surface area (Å²) in [7, 11) is 0. The zero-order valence-corrected chi connectivity index (χ0v) is 11.6. The van der Waals surface area contributed by atoms with E-state index in [-0.39, 0.29) is 11.9 Å². The van der Waals surface area contributed by atoms with Gasteiger partial charge in [-0.2, -0.15) is 0 Å². The van der Waals surface area contributed by atoms with Crippen molar-refractivity contribution < 1.29 is 4.79 Å². The molecule has 0 bridgehead atoms. The number of nitrogens with one attached hydrogen (secondary N) is 1. The summed E-state index contributed by atoms with van der Waals surface area (Å²) in [5, 5.41) is 2.90. The first kappa shape index (κ1) is 13.7. The number of allylic oxidation sites excluding steroid dienone is 3. The summed E-state index contributed by atoms with van der Waals surface area (Å²) in [6.07, 6.45) is 6.95. The monoisotopic (exact) mass is 293 g/mol. The van der Waals surface area contributed by atoms with Crippen LogP contribution in [0, 0.1) is 0 Å². The fraction of sp³-hybridized carbons (Fsp3) is 0.214. The van der Waals surface area contributed by atoms with Crippen LogP contribution in [0.25, 0.3) is 0 Å². The van der Waals surface area contributed by atoms with E-state index in [9.17, 15) is 4.79 Å². The summed E-state index contributed by atoms with van der Waals surface area (Å²) in [6, 6.07) is 7.91. The molecule has 1 amide bonds. The highest BCUT2D eigenvalue weighted by Crippen LogP contribution is 2.17. The second kappa shape index (κ2) is 7.07. The van der Waals surface area contributed by atoms with E-state index < -0.39 is 0 Å². The third kappa shape index (κ3) is 5.00. The Hall–Kier alpha value is -1.35. The molecule has 0 aliphatic heterocycles. The number of carbonyl (C=O) groups is 1. The zero-order chi connectivity index (χ0) is 12.7. The van der Waals surface area contributed by atoms with Crippen LogP contribution in [-0.2, 0) is 4.79 Å². The number of halogens is 1. The van der Waals surface area contributed by atoms with Gasteiger partial charge in [-0.05, 0) is 31.5 Å². The van der Waals surface area contributed by atoms with Gasteiger partial charge in [-0.15, -0.1) is 0 Å². The van der Waals surface area contributed by atoms with E-state index in [4.69, 9.17) is 0 Å². The molecule has 0 fully saturated rings. The van der Waals surface area contributed by atoms with Crippen molar-refractivity contribution >= 4 is 21.8 Å². The van der Waals surface area contributed by atoms with Gasteiger partial charge in [0.05, 0.1) is 6.04 Å². The van der Waals surface area contributed by atoms with Gasteiger partial charge in [0.1, 0.15) is 0 Å². The van der Waals surface area contributed by atoms with Crippen molar-refractivity contribution in [3.05, 3.63) is 58.6 Å². The Morgan fingerprint density at radius 3 is 2.82 bits per heavy atom. The Bertz CT molecular complexity index is 438. The van der Waals surface area contributed by atoms with E-state index in [1.807, 2.05) is 50.3 Å². The summed E-state index contributed by atoms with van der Waals surface area (Å²) in [6.45, 7) is 3.87. The highest BCUT2D eigenvalue weighted by atomic mass is 79.9. The second-order valence-corrected chi connectivity index (χ2v) is 4.59. The molecule has 0 saturated heterocycles. The van der Waals surface area contributed by atoms with Crippen molar-refractivity contribution in [1.82, 2.24) is 5.32 Å². The summed E-state index contributed by atoms with van der Waals surface area (Å²) < 4.78 is 1.01. The molecule has 1 aromatic rings. The van der Waals surface area contributed by atoms with Gasteiger partial charge in [0.2, 0.25) is 5.91 Å². The van der Waals surface area contributed by atoms with Gasteiger partial charge < -0.3 is 5.32 Å². The lowest BCUT2D eigenvalue weighted by atomic mass is 10.1. The number of hydrogen-bond donors (Lipinski definition) is 1.